The van der Waals surface area contributed by atoms with Gasteiger partial charge in [0, 0.05) is 12.7 Å². The van der Waals surface area contributed by atoms with Crippen molar-refractivity contribution in [2.24, 2.45) is 0 Å². The molecule has 0 fully saturated rings. The number of hydrogen-bond acceptors (Lipinski definition) is 3. The molecule has 0 unspecified atom stereocenters. The van der Waals surface area contributed by atoms with Crippen LogP contribution in [0.5, 0.6) is 0 Å². The molecule has 1 heterocycles. The third-order valence-corrected chi connectivity index (χ3v) is 3.50. The van der Waals surface area contributed by atoms with Crippen LogP contribution in [0, 0.1) is 0 Å². The van der Waals surface area contributed by atoms with Crippen molar-refractivity contribution in [2.45, 2.75) is 0 Å². The van der Waals surface area contributed by atoms with Gasteiger partial charge in [-0.3, -0.25) is 9.59 Å². The number of carbonyl (C=O) groups excluding carboxylic acids is 2. The van der Waals surface area contributed by atoms with Gasteiger partial charge < -0.3 is 15.1 Å². The Hall–Kier alpha value is -1.79. The molecule has 104 valence electrons. The van der Waals surface area contributed by atoms with Gasteiger partial charge in [-0.1, -0.05) is 11.6 Å². The quantitative estimate of drug-likeness (QED) is 0.885. The fourth-order valence-corrected chi connectivity index (χ4v) is 2.19. The maximum atomic E-state index is 12.0. The maximum Gasteiger partial charge on any atom is 0.260 e. The highest BCUT2D eigenvalue weighted by Gasteiger charge is 2.15. The summed E-state index contributed by atoms with van der Waals surface area (Å²) in [5, 5.41) is 5.46. The average Bonchev–Trinajstić information content (AvgIpc) is 2.86. The van der Waals surface area contributed by atoms with Crippen molar-refractivity contribution < 1.29 is 14.0 Å². The van der Waals surface area contributed by atoms with Gasteiger partial charge in [0.2, 0.25) is 0 Å². The number of halogens is 2. The van der Waals surface area contributed by atoms with E-state index in [1.807, 2.05) is 0 Å². The number of nitrogens with one attached hydrogen (secondary N) is 2. The zero-order valence-corrected chi connectivity index (χ0v) is 12.7. The normalized spacial score (nSPS) is 10.2. The largest absolute Gasteiger partial charge is 0.457 e. The van der Waals surface area contributed by atoms with E-state index >= 15 is 0 Å². The summed E-state index contributed by atoms with van der Waals surface area (Å²) in [6.45, 7) is 0. The summed E-state index contributed by atoms with van der Waals surface area (Å²) in [7, 11) is 1.51. The SMILES string of the molecule is CNC(=O)c1cc(NC(=O)c2ccoc2Br)ccc1Cl. The maximum absolute atomic E-state index is 12.0. The molecule has 2 aromatic rings. The zero-order valence-electron chi connectivity index (χ0n) is 10.4. The van der Waals surface area contributed by atoms with Gasteiger partial charge in [-0.05, 0) is 40.2 Å². The molecule has 0 radical (unpaired) electrons. The molecule has 2 N–H and O–H groups in total. The van der Waals surface area contributed by atoms with Crippen LogP contribution in [0.15, 0.2) is 39.6 Å². The molecule has 0 aliphatic rings. The van der Waals surface area contributed by atoms with Crippen LogP contribution in [0.4, 0.5) is 5.69 Å². The van der Waals surface area contributed by atoms with Gasteiger partial charge in [0.1, 0.15) is 0 Å². The van der Waals surface area contributed by atoms with Crippen molar-refractivity contribution >= 4 is 45.0 Å². The molecular weight excluding hydrogens is 348 g/mol. The molecule has 1 aromatic heterocycles. The highest BCUT2D eigenvalue weighted by atomic mass is 79.9. The highest BCUT2D eigenvalue weighted by molar-refractivity contribution is 9.10. The van der Waals surface area contributed by atoms with Crippen molar-refractivity contribution in [2.75, 3.05) is 12.4 Å². The molecule has 0 saturated carbocycles. The van der Waals surface area contributed by atoms with Crippen LogP contribution in [0.25, 0.3) is 0 Å². The Labute approximate surface area is 128 Å². The van der Waals surface area contributed by atoms with Crippen LogP contribution >= 0.6 is 27.5 Å². The van der Waals surface area contributed by atoms with E-state index in [2.05, 4.69) is 26.6 Å². The fourth-order valence-electron chi connectivity index (χ4n) is 1.57. The zero-order chi connectivity index (χ0) is 14.7. The molecule has 2 rings (SSSR count). The van der Waals surface area contributed by atoms with Gasteiger partial charge >= 0.3 is 0 Å². The molecule has 0 atom stereocenters. The Morgan fingerprint density at radius 1 is 1.20 bits per heavy atom. The summed E-state index contributed by atoms with van der Waals surface area (Å²) in [4.78, 5) is 23.6. The molecule has 0 bridgehead atoms. The first-order valence-corrected chi connectivity index (χ1v) is 6.76. The van der Waals surface area contributed by atoms with E-state index in [0.29, 0.717) is 26.5 Å². The third kappa shape index (κ3) is 3.02. The van der Waals surface area contributed by atoms with E-state index in [9.17, 15) is 9.59 Å². The van der Waals surface area contributed by atoms with E-state index in [1.165, 1.54) is 25.4 Å². The van der Waals surface area contributed by atoms with E-state index in [-0.39, 0.29) is 11.8 Å². The first kappa shape index (κ1) is 14.6. The van der Waals surface area contributed by atoms with E-state index in [4.69, 9.17) is 16.0 Å². The lowest BCUT2D eigenvalue weighted by atomic mass is 10.2. The predicted octanol–water partition coefficient (Wildman–Crippen LogP) is 3.31. The van der Waals surface area contributed by atoms with Crippen LogP contribution in [0.1, 0.15) is 20.7 Å². The number of furan rings is 1. The van der Waals surface area contributed by atoms with E-state index in [1.54, 1.807) is 12.1 Å². The topological polar surface area (TPSA) is 71.3 Å². The number of anilines is 1. The van der Waals surface area contributed by atoms with Gasteiger partial charge in [0.05, 0.1) is 22.4 Å². The molecule has 0 aliphatic heterocycles. The van der Waals surface area contributed by atoms with E-state index in [0.717, 1.165) is 0 Å². The Morgan fingerprint density at radius 2 is 1.95 bits per heavy atom. The smallest absolute Gasteiger partial charge is 0.260 e. The summed E-state index contributed by atoms with van der Waals surface area (Å²) < 4.78 is 5.34. The molecule has 0 saturated heterocycles. The lowest BCUT2D eigenvalue weighted by Crippen LogP contribution is -2.19. The van der Waals surface area contributed by atoms with Gasteiger partial charge in [0.25, 0.3) is 11.8 Å². The number of hydrogen-bond donors (Lipinski definition) is 2. The number of benzene rings is 1. The van der Waals surface area contributed by atoms with Crippen molar-refractivity contribution in [1.29, 1.82) is 0 Å². The molecule has 1 aromatic carbocycles. The third-order valence-electron chi connectivity index (χ3n) is 2.56. The van der Waals surface area contributed by atoms with Gasteiger partial charge in [-0.2, -0.15) is 0 Å². The molecule has 5 nitrogen and oxygen atoms in total. The standard InChI is InChI=1S/C13H10BrClN2O3/c1-16-12(18)9-6-7(2-3-10(9)15)17-13(19)8-4-5-20-11(8)14/h2-6H,1H3,(H,16,18)(H,17,19). The molecule has 0 aliphatic carbocycles. The lowest BCUT2D eigenvalue weighted by Gasteiger charge is -2.08. The Kier molecular flexibility index (Phi) is 4.46. The minimum Gasteiger partial charge on any atom is -0.457 e. The second-order valence-electron chi connectivity index (χ2n) is 3.84. The van der Waals surface area contributed by atoms with Crippen molar-refractivity contribution in [1.82, 2.24) is 5.32 Å². The van der Waals surface area contributed by atoms with E-state index < -0.39 is 0 Å². The summed E-state index contributed by atoms with van der Waals surface area (Å²) >= 11 is 9.06. The number of amides is 2. The summed E-state index contributed by atoms with van der Waals surface area (Å²) in [5.41, 5.74) is 1.12. The Balaban J connectivity index is 2.24. The van der Waals surface area contributed by atoms with Crippen molar-refractivity contribution in [3.63, 3.8) is 0 Å². The van der Waals surface area contributed by atoms with Gasteiger partial charge in [0.15, 0.2) is 4.67 Å². The molecular formula is C13H10BrClN2O3. The van der Waals surface area contributed by atoms with Crippen LogP contribution in [0.2, 0.25) is 5.02 Å². The molecule has 2 amide bonds. The minimum atomic E-state index is -0.351. The summed E-state index contributed by atoms with van der Waals surface area (Å²) in [6.07, 6.45) is 1.40. The monoisotopic (exact) mass is 356 g/mol. The number of rotatable bonds is 3. The van der Waals surface area contributed by atoms with Crippen LogP contribution in [-0.4, -0.2) is 18.9 Å². The average molecular weight is 358 g/mol. The second kappa shape index (κ2) is 6.11. The lowest BCUT2D eigenvalue weighted by molar-refractivity contribution is 0.0961. The van der Waals surface area contributed by atoms with Crippen molar-refractivity contribution in [3.8, 4) is 0 Å². The molecule has 0 spiro atoms. The summed E-state index contributed by atoms with van der Waals surface area (Å²) in [5.74, 6) is -0.675. The van der Waals surface area contributed by atoms with Crippen LogP contribution < -0.4 is 10.6 Å². The first-order valence-electron chi connectivity index (χ1n) is 5.59. The van der Waals surface area contributed by atoms with Gasteiger partial charge in [-0.25, -0.2) is 0 Å². The van der Waals surface area contributed by atoms with Crippen molar-refractivity contribution in [3.05, 3.63) is 51.3 Å². The van der Waals surface area contributed by atoms with Gasteiger partial charge in [-0.15, -0.1) is 0 Å². The van der Waals surface area contributed by atoms with Crippen LogP contribution in [-0.2, 0) is 0 Å². The Bertz CT molecular complexity index is 669. The molecule has 20 heavy (non-hydrogen) atoms. The predicted molar refractivity (Wildman–Crippen MR) is 79.2 cm³/mol. The second-order valence-corrected chi connectivity index (χ2v) is 4.96. The Morgan fingerprint density at radius 3 is 2.55 bits per heavy atom. The molecule has 7 heteroatoms. The fraction of sp³-hybridized carbons (Fsp3) is 0.0769. The highest BCUT2D eigenvalue weighted by Crippen LogP contribution is 2.23. The summed E-state index contributed by atoms with van der Waals surface area (Å²) in [6, 6.07) is 6.20. The number of carbonyl (C=O) groups is 2. The van der Waals surface area contributed by atoms with Crippen LogP contribution in [0.3, 0.4) is 0 Å². The first-order chi connectivity index (χ1) is 9.52. The minimum absolute atomic E-state index is 0.290.